The SMILES string of the molecule is CCCc1cc(C(=O)N(c2n[nH]c(C(F)(F)F)n2)S(=O)(=O)c2ccc(C(C)C)cc2)ccc1OC(C(N)=O)c1ccc2c(c1)OCO2. The Labute approximate surface area is 267 Å². The number of aromatic nitrogens is 3. The monoisotopic (exact) mass is 673 g/mol. The average Bonchev–Trinajstić information content (AvgIpc) is 3.70. The van der Waals surface area contributed by atoms with E-state index >= 15 is 0 Å². The van der Waals surface area contributed by atoms with Gasteiger partial charge in [0, 0.05) is 11.1 Å². The maximum Gasteiger partial charge on any atom is 0.451 e. The highest BCUT2D eigenvalue weighted by Gasteiger charge is 2.40. The number of halogens is 3. The number of ether oxygens (including phenoxy) is 3. The fourth-order valence-corrected chi connectivity index (χ4v) is 6.12. The number of nitrogens with zero attached hydrogens (tertiary/aromatic N) is 3. The summed E-state index contributed by atoms with van der Waals surface area (Å²) < 4.78 is 84.8. The van der Waals surface area contributed by atoms with E-state index in [1.165, 1.54) is 30.3 Å². The number of carbonyl (C=O) groups is 2. The van der Waals surface area contributed by atoms with E-state index in [-0.39, 0.29) is 33.2 Å². The molecule has 0 bridgehead atoms. The summed E-state index contributed by atoms with van der Waals surface area (Å²) in [6.45, 7) is 5.64. The largest absolute Gasteiger partial charge is 0.476 e. The molecule has 5 rings (SSSR count). The molecule has 2 amide bonds. The molecule has 16 heteroatoms. The second-order valence-electron chi connectivity index (χ2n) is 10.9. The zero-order valence-electron chi connectivity index (χ0n) is 25.4. The van der Waals surface area contributed by atoms with Crippen molar-refractivity contribution in [2.75, 3.05) is 11.1 Å². The first-order valence-electron chi connectivity index (χ1n) is 14.4. The Hall–Kier alpha value is -5.12. The quantitative estimate of drug-likeness (QED) is 0.216. The van der Waals surface area contributed by atoms with Crippen molar-refractivity contribution in [2.45, 2.75) is 56.7 Å². The number of amides is 2. The minimum Gasteiger partial charge on any atom is -0.476 e. The van der Waals surface area contributed by atoms with Crippen molar-refractivity contribution in [2.24, 2.45) is 5.73 Å². The lowest BCUT2D eigenvalue weighted by atomic mass is 10.0. The molecule has 3 N–H and O–H groups in total. The van der Waals surface area contributed by atoms with Gasteiger partial charge < -0.3 is 19.9 Å². The molecule has 1 aliphatic heterocycles. The van der Waals surface area contributed by atoms with E-state index < -0.39 is 45.9 Å². The minimum absolute atomic E-state index is 0.0122. The molecule has 0 fully saturated rings. The maximum absolute atomic E-state index is 14.0. The number of aromatic amines is 1. The summed E-state index contributed by atoms with van der Waals surface area (Å²) in [4.78, 5) is 29.4. The second-order valence-corrected chi connectivity index (χ2v) is 12.7. The number of benzene rings is 3. The van der Waals surface area contributed by atoms with E-state index in [0.717, 1.165) is 5.56 Å². The number of aryl methyl sites for hydroxylation is 1. The molecular weight excluding hydrogens is 643 g/mol. The van der Waals surface area contributed by atoms with Crippen LogP contribution >= 0.6 is 0 Å². The van der Waals surface area contributed by atoms with E-state index in [0.29, 0.717) is 35.5 Å². The zero-order chi connectivity index (χ0) is 34.1. The molecule has 12 nitrogen and oxygen atoms in total. The van der Waals surface area contributed by atoms with Crippen molar-refractivity contribution < 1.29 is 45.4 Å². The molecule has 0 spiro atoms. The number of alkyl halides is 3. The highest BCUT2D eigenvalue weighted by molar-refractivity contribution is 7.93. The summed E-state index contributed by atoms with van der Waals surface area (Å²) in [6, 6.07) is 14.2. The lowest BCUT2D eigenvalue weighted by Gasteiger charge is -2.22. The number of hydrogen-bond donors (Lipinski definition) is 2. The van der Waals surface area contributed by atoms with Gasteiger partial charge in [0.15, 0.2) is 11.5 Å². The summed E-state index contributed by atoms with van der Waals surface area (Å²) in [5, 5.41) is 5.09. The molecule has 0 saturated heterocycles. The van der Waals surface area contributed by atoms with Gasteiger partial charge >= 0.3 is 6.18 Å². The third-order valence-electron chi connectivity index (χ3n) is 7.22. The molecule has 3 aromatic carbocycles. The lowest BCUT2D eigenvalue weighted by Crippen LogP contribution is -2.38. The Balaban J connectivity index is 1.54. The van der Waals surface area contributed by atoms with Crippen LogP contribution in [0.15, 0.2) is 65.6 Å². The number of anilines is 1. The predicted molar refractivity (Wildman–Crippen MR) is 161 cm³/mol. The first-order chi connectivity index (χ1) is 22.2. The third-order valence-corrected chi connectivity index (χ3v) is 8.90. The predicted octanol–water partition coefficient (Wildman–Crippen LogP) is 5.27. The molecule has 0 aliphatic carbocycles. The molecule has 4 aromatic rings. The molecule has 47 heavy (non-hydrogen) atoms. The van der Waals surface area contributed by atoms with Gasteiger partial charge in [-0.25, -0.2) is 8.42 Å². The van der Waals surface area contributed by atoms with E-state index in [1.807, 2.05) is 20.8 Å². The number of nitrogens with one attached hydrogen (secondary N) is 1. The summed E-state index contributed by atoms with van der Waals surface area (Å²) in [6.07, 6.45) is -5.42. The number of rotatable bonds is 11. The second kappa shape index (κ2) is 12.9. The minimum atomic E-state index is -5.00. The van der Waals surface area contributed by atoms with Gasteiger partial charge in [-0.2, -0.15) is 22.5 Å². The van der Waals surface area contributed by atoms with Gasteiger partial charge in [0.05, 0.1) is 4.90 Å². The molecule has 0 radical (unpaired) electrons. The first-order valence-corrected chi connectivity index (χ1v) is 15.8. The Kier molecular flexibility index (Phi) is 9.15. The highest BCUT2D eigenvalue weighted by atomic mass is 32.2. The number of sulfonamides is 1. The molecular formula is C31H30F3N5O7S. The number of primary amides is 1. The van der Waals surface area contributed by atoms with Crippen LogP contribution in [0.1, 0.15) is 72.1 Å². The van der Waals surface area contributed by atoms with Crippen LogP contribution in [0, 0.1) is 0 Å². The van der Waals surface area contributed by atoms with Crippen LogP contribution in [0.3, 0.4) is 0 Å². The number of H-pyrrole nitrogens is 1. The van der Waals surface area contributed by atoms with Gasteiger partial charge in [-0.1, -0.05) is 45.4 Å². The molecule has 248 valence electrons. The van der Waals surface area contributed by atoms with Gasteiger partial charge in [-0.3, -0.25) is 14.7 Å². The molecule has 1 atom stereocenters. The lowest BCUT2D eigenvalue weighted by molar-refractivity contribution is -0.144. The highest BCUT2D eigenvalue weighted by Crippen LogP contribution is 2.37. The summed E-state index contributed by atoms with van der Waals surface area (Å²) in [7, 11) is -4.83. The number of carbonyl (C=O) groups excluding carboxylic acids is 2. The Bertz CT molecular complexity index is 1910. The fraction of sp³-hybridized carbons (Fsp3) is 0.290. The van der Waals surface area contributed by atoms with Crippen LogP contribution in [-0.4, -0.2) is 42.2 Å². The van der Waals surface area contributed by atoms with Crippen LogP contribution in [0.25, 0.3) is 0 Å². The van der Waals surface area contributed by atoms with Gasteiger partial charge in [0.2, 0.25) is 18.7 Å². The number of nitrogens with two attached hydrogens (primary N) is 1. The van der Waals surface area contributed by atoms with Crippen molar-refractivity contribution in [1.29, 1.82) is 0 Å². The summed E-state index contributed by atoms with van der Waals surface area (Å²) in [5.74, 6) is -3.56. The van der Waals surface area contributed by atoms with Crippen molar-refractivity contribution in [3.05, 3.63) is 88.7 Å². The average molecular weight is 674 g/mol. The van der Waals surface area contributed by atoms with Crippen molar-refractivity contribution in [1.82, 2.24) is 15.2 Å². The Morgan fingerprint density at radius 3 is 2.32 bits per heavy atom. The summed E-state index contributed by atoms with van der Waals surface area (Å²) in [5.41, 5.74) is 7.02. The Morgan fingerprint density at radius 1 is 1.02 bits per heavy atom. The van der Waals surface area contributed by atoms with E-state index in [2.05, 4.69) is 10.1 Å². The molecule has 1 aliphatic rings. The number of hydrogen-bond acceptors (Lipinski definition) is 9. The van der Waals surface area contributed by atoms with Crippen LogP contribution in [0.5, 0.6) is 17.2 Å². The van der Waals surface area contributed by atoms with Crippen molar-refractivity contribution in [3.63, 3.8) is 0 Å². The third kappa shape index (κ3) is 6.86. The standard InChI is InChI=1S/C31H30F3N5O7S/c1-4-5-19-14-21(9-12-23(19)46-26(27(35)40)20-8-13-24-25(15-20)45-16-44-24)28(41)39(30-36-29(37-38-30)31(32,33)34)47(42,43)22-10-6-18(7-11-22)17(2)3/h6-15,17,26H,4-5,16H2,1-3H3,(H2,35,40)(H,36,37,38). The normalized spacial score (nSPS) is 13.4. The van der Waals surface area contributed by atoms with E-state index in [9.17, 15) is 31.2 Å². The maximum atomic E-state index is 14.0. The topological polar surface area (TPSA) is 167 Å². The Morgan fingerprint density at radius 2 is 1.70 bits per heavy atom. The zero-order valence-corrected chi connectivity index (χ0v) is 26.2. The van der Waals surface area contributed by atoms with E-state index in [1.54, 1.807) is 35.4 Å². The van der Waals surface area contributed by atoms with E-state index in [4.69, 9.17) is 19.9 Å². The fourth-order valence-electron chi connectivity index (χ4n) is 4.81. The van der Waals surface area contributed by atoms with Crippen molar-refractivity contribution >= 4 is 27.8 Å². The van der Waals surface area contributed by atoms with Gasteiger partial charge in [0.1, 0.15) is 5.75 Å². The van der Waals surface area contributed by atoms with Crippen LogP contribution < -0.4 is 24.2 Å². The van der Waals surface area contributed by atoms with Crippen LogP contribution in [0.4, 0.5) is 19.1 Å². The molecule has 1 unspecified atom stereocenters. The smallest absolute Gasteiger partial charge is 0.451 e. The molecule has 0 saturated carbocycles. The van der Waals surface area contributed by atoms with Gasteiger partial charge in [0.25, 0.3) is 27.8 Å². The molecule has 2 heterocycles. The number of fused-ring (bicyclic) bond motifs is 1. The van der Waals surface area contributed by atoms with Crippen molar-refractivity contribution in [3.8, 4) is 17.2 Å². The van der Waals surface area contributed by atoms with Gasteiger partial charge in [-0.05, 0) is 65.9 Å². The van der Waals surface area contributed by atoms with Crippen LogP contribution in [0.2, 0.25) is 0 Å². The van der Waals surface area contributed by atoms with Gasteiger partial charge in [-0.15, -0.1) is 5.10 Å². The van der Waals surface area contributed by atoms with Crippen LogP contribution in [-0.2, 0) is 27.4 Å². The summed E-state index contributed by atoms with van der Waals surface area (Å²) >= 11 is 0. The first kappa shape index (κ1) is 33.2. The molecule has 1 aromatic heterocycles.